The Morgan fingerprint density at radius 3 is 1.63 bits per heavy atom. The van der Waals surface area contributed by atoms with Crippen LogP contribution < -0.4 is 5.32 Å². The Kier molecular flexibility index (Phi) is 10.2. The molecule has 2 aliphatic rings. The number of benzene rings is 2. The summed E-state index contributed by atoms with van der Waals surface area (Å²) in [4.78, 5) is 46.0. The standard InChI is InChI=1S/C14H17NO2.C10H11NO.C4H7ClO/c1-9(2)13(16)15-12(10(3)14(15)17)11-7-5-4-6-8-11;1-7-9(11-10(7)12)8-5-3-2-4-6-8;1-3(2)4(5)6/h4-10,12H,1-3H3;2-7,9H,1H3,(H,11,12);3H,1-2H3/t10-,12?;7-,9?;/m11./s1. The topological polar surface area (TPSA) is 83.6 Å². The molecule has 4 rings (SSSR count). The number of hydrogen-bond acceptors (Lipinski definition) is 4. The van der Waals surface area contributed by atoms with Crippen molar-refractivity contribution in [1.29, 1.82) is 0 Å². The molecular weight excluding hydrogens is 464 g/mol. The Balaban J connectivity index is 0.000000209. The molecule has 7 heteroatoms. The molecule has 2 fully saturated rings. The van der Waals surface area contributed by atoms with E-state index in [0.717, 1.165) is 5.56 Å². The van der Waals surface area contributed by atoms with Gasteiger partial charge in [-0.2, -0.15) is 0 Å². The Labute approximate surface area is 213 Å². The van der Waals surface area contributed by atoms with E-state index in [1.54, 1.807) is 13.8 Å². The summed E-state index contributed by atoms with van der Waals surface area (Å²) in [5.74, 6) is -0.111. The fourth-order valence-corrected chi connectivity index (χ4v) is 3.74. The van der Waals surface area contributed by atoms with Crippen LogP contribution in [-0.4, -0.2) is 27.9 Å². The fraction of sp³-hybridized carbons (Fsp3) is 0.429. The van der Waals surface area contributed by atoms with Gasteiger partial charge in [0, 0.05) is 11.8 Å². The van der Waals surface area contributed by atoms with Gasteiger partial charge in [-0.15, -0.1) is 0 Å². The largest absolute Gasteiger partial charge is 0.348 e. The quantitative estimate of drug-likeness (QED) is 0.458. The number of rotatable bonds is 4. The second-order valence-electron chi connectivity index (χ2n) is 9.49. The lowest BCUT2D eigenvalue weighted by Crippen LogP contribution is -2.57. The molecule has 2 saturated heterocycles. The molecule has 2 unspecified atom stereocenters. The molecule has 1 N–H and O–H groups in total. The summed E-state index contributed by atoms with van der Waals surface area (Å²) in [6.07, 6.45) is 0. The minimum atomic E-state index is -0.269. The molecule has 2 aromatic carbocycles. The molecule has 6 nitrogen and oxygen atoms in total. The molecule has 0 aromatic heterocycles. The maximum Gasteiger partial charge on any atom is 0.235 e. The van der Waals surface area contributed by atoms with Crippen LogP contribution in [0.15, 0.2) is 60.7 Å². The molecule has 188 valence electrons. The minimum Gasteiger partial charge on any atom is -0.348 e. The molecule has 0 spiro atoms. The molecule has 2 heterocycles. The van der Waals surface area contributed by atoms with Gasteiger partial charge in [0.25, 0.3) is 0 Å². The van der Waals surface area contributed by atoms with E-state index in [9.17, 15) is 19.2 Å². The summed E-state index contributed by atoms with van der Waals surface area (Å²) in [6.45, 7) is 11.0. The van der Waals surface area contributed by atoms with Gasteiger partial charge in [-0.1, -0.05) is 102 Å². The van der Waals surface area contributed by atoms with Crippen LogP contribution in [0.4, 0.5) is 0 Å². The zero-order valence-corrected chi connectivity index (χ0v) is 22.0. The molecule has 0 bridgehead atoms. The predicted molar refractivity (Wildman–Crippen MR) is 137 cm³/mol. The summed E-state index contributed by atoms with van der Waals surface area (Å²) < 4.78 is 0. The first-order valence-electron chi connectivity index (χ1n) is 11.9. The van der Waals surface area contributed by atoms with Crippen molar-refractivity contribution in [2.24, 2.45) is 23.7 Å². The van der Waals surface area contributed by atoms with Crippen LogP contribution in [0.3, 0.4) is 0 Å². The normalized spacial score (nSPS) is 22.6. The van der Waals surface area contributed by atoms with Crippen LogP contribution in [0.5, 0.6) is 0 Å². The predicted octanol–water partition coefficient (Wildman–Crippen LogP) is 5.29. The van der Waals surface area contributed by atoms with Crippen molar-refractivity contribution in [3.8, 4) is 0 Å². The number of amides is 3. The first kappa shape index (κ1) is 28.2. The number of likely N-dealkylation sites (tertiary alicyclic amines) is 1. The minimum absolute atomic E-state index is 0.0216. The molecule has 35 heavy (non-hydrogen) atoms. The van der Waals surface area contributed by atoms with Gasteiger partial charge in [-0.05, 0) is 22.7 Å². The molecule has 4 atom stereocenters. The Morgan fingerprint density at radius 1 is 0.800 bits per heavy atom. The number of carbonyl (C=O) groups is 4. The van der Waals surface area contributed by atoms with Gasteiger partial charge >= 0.3 is 0 Å². The highest BCUT2D eigenvalue weighted by Gasteiger charge is 2.48. The van der Waals surface area contributed by atoms with Crippen molar-refractivity contribution in [1.82, 2.24) is 10.2 Å². The van der Waals surface area contributed by atoms with E-state index in [0.29, 0.717) is 0 Å². The SMILES string of the molecule is CC(C)C(=O)Cl.CC(C)C(=O)N1C(=O)[C@H](C)C1c1ccccc1.C[C@H]1C(=O)NC1c1ccccc1. The average Bonchev–Trinajstić information content (AvgIpc) is 2.86. The highest BCUT2D eigenvalue weighted by atomic mass is 35.5. The maximum atomic E-state index is 12.0. The lowest BCUT2D eigenvalue weighted by atomic mass is 9.83. The molecule has 2 aliphatic heterocycles. The van der Waals surface area contributed by atoms with E-state index in [1.165, 1.54) is 10.5 Å². The Morgan fingerprint density at radius 2 is 1.26 bits per heavy atom. The number of carbonyl (C=O) groups excluding carboxylic acids is 4. The Hall–Kier alpha value is -2.99. The molecule has 0 saturated carbocycles. The number of halogens is 1. The van der Waals surface area contributed by atoms with Gasteiger partial charge in [-0.25, -0.2) is 0 Å². The smallest absolute Gasteiger partial charge is 0.235 e. The molecule has 0 aliphatic carbocycles. The summed E-state index contributed by atoms with van der Waals surface area (Å²) in [5.41, 5.74) is 2.23. The summed E-state index contributed by atoms with van der Waals surface area (Å²) in [6, 6.07) is 19.9. The monoisotopic (exact) mass is 498 g/mol. The summed E-state index contributed by atoms with van der Waals surface area (Å²) >= 11 is 4.97. The third-order valence-corrected chi connectivity index (χ3v) is 6.51. The van der Waals surface area contributed by atoms with E-state index in [1.807, 2.05) is 88.4 Å². The van der Waals surface area contributed by atoms with Gasteiger partial charge in [-0.3, -0.25) is 24.1 Å². The maximum absolute atomic E-state index is 12.0. The van der Waals surface area contributed by atoms with Crippen molar-refractivity contribution in [2.75, 3.05) is 0 Å². The van der Waals surface area contributed by atoms with Crippen LogP contribution in [0.2, 0.25) is 0 Å². The van der Waals surface area contributed by atoms with Gasteiger partial charge in [0.05, 0.1) is 23.9 Å². The molecular formula is C28H35ClN2O4. The van der Waals surface area contributed by atoms with Crippen LogP contribution in [0, 0.1) is 23.7 Å². The van der Waals surface area contributed by atoms with Gasteiger partial charge in [0.1, 0.15) is 0 Å². The highest BCUT2D eigenvalue weighted by molar-refractivity contribution is 6.63. The number of nitrogens with zero attached hydrogens (tertiary/aromatic N) is 1. The summed E-state index contributed by atoms with van der Waals surface area (Å²) in [5, 5.41) is 2.60. The van der Waals surface area contributed by atoms with Gasteiger partial charge in [0.2, 0.25) is 23.0 Å². The first-order chi connectivity index (χ1) is 16.5. The number of hydrogen-bond donors (Lipinski definition) is 1. The van der Waals surface area contributed by atoms with Crippen LogP contribution in [-0.2, 0) is 19.2 Å². The third kappa shape index (κ3) is 7.01. The fourth-order valence-electron chi connectivity index (χ4n) is 3.74. The van der Waals surface area contributed by atoms with Crippen molar-refractivity contribution >= 4 is 34.6 Å². The number of β-lactam (4-membered cyclic amide) rings is 2. The van der Waals surface area contributed by atoms with Crippen LogP contribution in [0.25, 0.3) is 0 Å². The van der Waals surface area contributed by atoms with E-state index in [-0.39, 0.29) is 58.7 Å². The molecule has 2 aromatic rings. The molecule has 0 radical (unpaired) electrons. The van der Waals surface area contributed by atoms with Crippen molar-refractivity contribution < 1.29 is 19.2 Å². The number of nitrogens with one attached hydrogen (secondary N) is 1. The Bertz CT molecular complexity index is 1020. The third-order valence-electron chi connectivity index (χ3n) is 6.08. The number of imide groups is 1. The second-order valence-corrected chi connectivity index (χ2v) is 9.86. The van der Waals surface area contributed by atoms with E-state index in [4.69, 9.17) is 11.6 Å². The average molecular weight is 499 g/mol. The zero-order chi connectivity index (χ0) is 26.3. The van der Waals surface area contributed by atoms with Gasteiger partial charge < -0.3 is 5.32 Å². The lowest BCUT2D eigenvalue weighted by Gasteiger charge is -2.45. The van der Waals surface area contributed by atoms with Crippen molar-refractivity contribution in [3.05, 3.63) is 71.8 Å². The van der Waals surface area contributed by atoms with E-state index >= 15 is 0 Å². The van der Waals surface area contributed by atoms with Crippen LogP contribution in [0.1, 0.15) is 64.8 Å². The lowest BCUT2D eigenvalue weighted by molar-refractivity contribution is -0.167. The van der Waals surface area contributed by atoms with E-state index in [2.05, 4.69) is 5.32 Å². The van der Waals surface area contributed by atoms with Crippen molar-refractivity contribution in [2.45, 2.75) is 53.6 Å². The van der Waals surface area contributed by atoms with Crippen LogP contribution >= 0.6 is 11.6 Å². The van der Waals surface area contributed by atoms with Gasteiger partial charge in [0.15, 0.2) is 0 Å². The second kappa shape index (κ2) is 12.6. The first-order valence-corrected chi connectivity index (χ1v) is 12.3. The van der Waals surface area contributed by atoms with Crippen molar-refractivity contribution in [3.63, 3.8) is 0 Å². The van der Waals surface area contributed by atoms with E-state index < -0.39 is 0 Å². The highest BCUT2D eigenvalue weighted by Crippen LogP contribution is 2.40. The zero-order valence-electron chi connectivity index (χ0n) is 21.2. The molecule has 3 amide bonds. The summed E-state index contributed by atoms with van der Waals surface area (Å²) in [7, 11) is 0.